The average Bonchev–Trinajstić information content (AvgIpc) is 3.29. The van der Waals surface area contributed by atoms with Gasteiger partial charge in [-0.1, -0.05) is 24.3 Å². The average molecular weight is 416 g/mol. The van der Waals surface area contributed by atoms with Crippen LogP contribution in [-0.2, 0) is 4.79 Å². The number of aromatic nitrogens is 2. The smallest absolute Gasteiger partial charge is 0.273 e. The largest absolute Gasteiger partial charge is 0.484 e. The summed E-state index contributed by atoms with van der Waals surface area (Å²) in [6.07, 6.45) is 0. The molecule has 0 saturated heterocycles. The van der Waals surface area contributed by atoms with E-state index in [0.29, 0.717) is 23.0 Å². The number of nitro benzene ring substituents is 1. The number of nitrogens with zero attached hydrogens (tertiary/aromatic N) is 3. The van der Waals surface area contributed by atoms with Crippen molar-refractivity contribution in [3.8, 4) is 28.7 Å². The fourth-order valence-electron chi connectivity index (χ4n) is 2.77. The van der Waals surface area contributed by atoms with Gasteiger partial charge in [0.2, 0.25) is 11.8 Å². The van der Waals surface area contributed by atoms with E-state index >= 15 is 0 Å². The van der Waals surface area contributed by atoms with Gasteiger partial charge < -0.3 is 14.5 Å². The van der Waals surface area contributed by atoms with Crippen LogP contribution in [0.15, 0.2) is 83.3 Å². The Labute approximate surface area is 176 Å². The molecule has 9 nitrogen and oxygen atoms in total. The summed E-state index contributed by atoms with van der Waals surface area (Å²) >= 11 is 0. The highest BCUT2D eigenvalue weighted by Crippen LogP contribution is 2.25. The number of benzene rings is 3. The maximum atomic E-state index is 12.1. The molecular formula is C22H16N4O5. The van der Waals surface area contributed by atoms with E-state index in [2.05, 4.69) is 15.5 Å². The van der Waals surface area contributed by atoms with Crippen LogP contribution in [0.2, 0.25) is 0 Å². The molecule has 0 fully saturated rings. The monoisotopic (exact) mass is 416 g/mol. The number of hydrogen-bond acceptors (Lipinski definition) is 7. The molecule has 0 saturated carbocycles. The van der Waals surface area contributed by atoms with E-state index in [0.717, 1.165) is 5.56 Å². The van der Waals surface area contributed by atoms with Crippen molar-refractivity contribution in [1.29, 1.82) is 0 Å². The van der Waals surface area contributed by atoms with Crippen LogP contribution < -0.4 is 10.1 Å². The number of carbonyl (C=O) groups excluding carboxylic acids is 1. The van der Waals surface area contributed by atoms with Crippen molar-refractivity contribution in [3.63, 3.8) is 0 Å². The molecule has 1 heterocycles. The second-order valence-corrected chi connectivity index (χ2v) is 6.45. The molecule has 4 rings (SSSR count). The number of amides is 1. The van der Waals surface area contributed by atoms with Crippen LogP contribution in [0.5, 0.6) is 5.75 Å². The zero-order valence-electron chi connectivity index (χ0n) is 16.1. The summed E-state index contributed by atoms with van der Waals surface area (Å²) < 4.78 is 11.0. The van der Waals surface area contributed by atoms with Gasteiger partial charge in [-0.25, -0.2) is 0 Å². The predicted octanol–water partition coefficient (Wildman–Crippen LogP) is 4.33. The van der Waals surface area contributed by atoms with Crippen molar-refractivity contribution < 1.29 is 18.9 Å². The number of carbonyl (C=O) groups is 1. The topological polar surface area (TPSA) is 120 Å². The van der Waals surface area contributed by atoms with Gasteiger partial charge in [-0.3, -0.25) is 14.9 Å². The second kappa shape index (κ2) is 8.87. The van der Waals surface area contributed by atoms with Crippen LogP contribution in [0.25, 0.3) is 22.9 Å². The van der Waals surface area contributed by atoms with Gasteiger partial charge in [-0.05, 0) is 42.5 Å². The molecule has 1 amide bonds. The molecule has 0 aliphatic carbocycles. The SMILES string of the molecule is O=C(COc1cccc([N+](=O)[O-])c1)Nc1ccc(-c2nnc(-c3ccccc3)o2)cc1. The van der Waals surface area contributed by atoms with Gasteiger partial charge in [0, 0.05) is 22.9 Å². The Morgan fingerprint density at radius 2 is 1.61 bits per heavy atom. The van der Waals surface area contributed by atoms with Gasteiger partial charge in [-0.2, -0.15) is 0 Å². The first-order valence-corrected chi connectivity index (χ1v) is 9.25. The molecule has 4 aromatic rings. The lowest BCUT2D eigenvalue weighted by molar-refractivity contribution is -0.384. The lowest BCUT2D eigenvalue weighted by atomic mass is 10.2. The second-order valence-electron chi connectivity index (χ2n) is 6.45. The Morgan fingerprint density at radius 1 is 0.935 bits per heavy atom. The van der Waals surface area contributed by atoms with E-state index in [9.17, 15) is 14.9 Å². The first kappa shape index (κ1) is 19.8. The number of anilines is 1. The molecule has 1 N–H and O–H groups in total. The molecule has 0 spiro atoms. The zero-order chi connectivity index (χ0) is 21.6. The van der Waals surface area contributed by atoms with Crippen molar-refractivity contribution in [1.82, 2.24) is 10.2 Å². The van der Waals surface area contributed by atoms with Gasteiger partial charge in [0.15, 0.2) is 6.61 Å². The number of nitrogens with one attached hydrogen (secondary N) is 1. The van der Waals surface area contributed by atoms with Gasteiger partial charge in [0.25, 0.3) is 11.6 Å². The molecule has 0 radical (unpaired) electrons. The summed E-state index contributed by atoms with van der Waals surface area (Å²) in [5.41, 5.74) is 1.98. The van der Waals surface area contributed by atoms with Gasteiger partial charge in [-0.15, -0.1) is 10.2 Å². The summed E-state index contributed by atoms with van der Waals surface area (Å²) in [6.45, 7) is -0.285. The van der Waals surface area contributed by atoms with Crippen molar-refractivity contribution >= 4 is 17.3 Å². The number of hydrogen-bond donors (Lipinski definition) is 1. The Hall–Kier alpha value is -4.53. The third-order valence-electron chi connectivity index (χ3n) is 4.26. The zero-order valence-corrected chi connectivity index (χ0v) is 16.1. The highest BCUT2D eigenvalue weighted by atomic mass is 16.6. The maximum Gasteiger partial charge on any atom is 0.273 e. The minimum Gasteiger partial charge on any atom is -0.484 e. The van der Waals surface area contributed by atoms with Crippen molar-refractivity contribution in [2.75, 3.05) is 11.9 Å². The van der Waals surface area contributed by atoms with E-state index in [1.54, 1.807) is 30.3 Å². The number of rotatable bonds is 7. The van der Waals surface area contributed by atoms with Crippen molar-refractivity contribution in [2.45, 2.75) is 0 Å². The summed E-state index contributed by atoms with van der Waals surface area (Å²) in [5.74, 6) is 0.630. The van der Waals surface area contributed by atoms with Gasteiger partial charge in [0.05, 0.1) is 11.0 Å². The molecular weight excluding hydrogens is 400 g/mol. The van der Waals surface area contributed by atoms with Crippen LogP contribution in [-0.4, -0.2) is 27.6 Å². The lowest BCUT2D eigenvalue weighted by Gasteiger charge is -2.07. The molecule has 0 bridgehead atoms. The first-order valence-electron chi connectivity index (χ1n) is 9.25. The summed E-state index contributed by atoms with van der Waals surface area (Å²) in [4.78, 5) is 22.4. The van der Waals surface area contributed by atoms with Crippen LogP contribution in [0.1, 0.15) is 0 Å². The molecule has 0 atom stereocenters. The van der Waals surface area contributed by atoms with E-state index < -0.39 is 10.8 Å². The molecule has 3 aromatic carbocycles. The Morgan fingerprint density at radius 3 is 2.29 bits per heavy atom. The van der Waals surface area contributed by atoms with Crippen molar-refractivity contribution in [3.05, 3.63) is 89.0 Å². The Kier molecular flexibility index (Phi) is 5.66. The summed E-state index contributed by atoms with van der Waals surface area (Å²) in [5, 5.41) is 21.6. The number of nitro groups is 1. The van der Waals surface area contributed by atoms with Crippen LogP contribution in [0.4, 0.5) is 11.4 Å². The fourth-order valence-corrected chi connectivity index (χ4v) is 2.77. The predicted molar refractivity (Wildman–Crippen MR) is 112 cm³/mol. The highest BCUT2D eigenvalue weighted by molar-refractivity contribution is 5.92. The van der Waals surface area contributed by atoms with Crippen LogP contribution >= 0.6 is 0 Å². The summed E-state index contributed by atoms with van der Waals surface area (Å²) in [7, 11) is 0. The first-order chi connectivity index (χ1) is 15.1. The number of ether oxygens (including phenoxy) is 1. The minimum atomic E-state index is -0.527. The maximum absolute atomic E-state index is 12.1. The van der Waals surface area contributed by atoms with Gasteiger partial charge in [0.1, 0.15) is 5.75 Å². The van der Waals surface area contributed by atoms with E-state index in [4.69, 9.17) is 9.15 Å². The lowest BCUT2D eigenvalue weighted by Crippen LogP contribution is -2.20. The highest BCUT2D eigenvalue weighted by Gasteiger charge is 2.11. The third kappa shape index (κ3) is 4.91. The molecule has 154 valence electrons. The Balaban J connectivity index is 1.35. The third-order valence-corrected chi connectivity index (χ3v) is 4.26. The molecule has 1 aromatic heterocycles. The molecule has 0 unspecified atom stereocenters. The molecule has 0 aliphatic heterocycles. The molecule has 9 heteroatoms. The van der Waals surface area contributed by atoms with E-state index in [1.807, 2.05) is 30.3 Å². The normalized spacial score (nSPS) is 10.5. The van der Waals surface area contributed by atoms with Crippen LogP contribution in [0, 0.1) is 10.1 Å². The van der Waals surface area contributed by atoms with E-state index in [-0.39, 0.29) is 18.0 Å². The van der Waals surface area contributed by atoms with Crippen molar-refractivity contribution in [2.24, 2.45) is 0 Å². The fraction of sp³-hybridized carbons (Fsp3) is 0.0455. The van der Waals surface area contributed by atoms with E-state index in [1.165, 1.54) is 18.2 Å². The molecule has 0 aliphatic rings. The quantitative estimate of drug-likeness (QED) is 0.352. The minimum absolute atomic E-state index is 0.107. The number of non-ortho nitro benzene ring substituents is 1. The molecule has 31 heavy (non-hydrogen) atoms. The summed E-state index contributed by atoms with van der Waals surface area (Å²) in [6, 6.07) is 22.0. The van der Waals surface area contributed by atoms with Crippen LogP contribution in [0.3, 0.4) is 0 Å². The standard InChI is InChI=1S/C22H16N4O5/c27-20(14-30-19-8-4-7-18(13-19)26(28)29)23-17-11-9-16(10-12-17)22-25-24-21(31-22)15-5-2-1-3-6-15/h1-13H,14H2,(H,23,27). The van der Waals surface area contributed by atoms with Gasteiger partial charge >= 0.3 is 0 Å². The Bertz CT molecular complexity index is 1210.